The van der Waals surface area contributed by atoms with E-state index in [9.17, 15) is 0 Å². The average Bonchev–Trinajstić information content (AvgIpc) is 3.20. The van der Waals surface area contributed by atoms with Gasteiger partial charge < -0.3 is 15.6 Å². The Morgan fingerprint density at radius 1 is 0.914 bits per heavy atom. The van der Waals surface area contributed by atoms with Crippen molar-refractivity contribution in [3.8, 4) is 11.1 Å². The lowest BCUT2D eigenvalue weighted by molar-refractivity contribution is 0.322. The topological polar surface area (TPSA) is 43.0 Å². The van der Waals surface area contributed by atoms with E-state index >= 15 is 0 Å². The minimum Gasteiger partial charge on any atom is -0.347 e. The zero-order chi connectivity index (χ0) is 23.3. The summed E-state index contributed by atoms with van der Waals surface area (Å²) >= 11 is 0. The Morgan fingerprint density at radius 2 is 1.69 bits per heavy atom. The minimum atomic E-state index is 0. The number of nitrogens with one attached hydrogen (secondary N) is 1. The fourth-order valence-corrected chi connectivity index (χ4v) is 6.28. The number of nitrogens with zero attached hydrogens (tertiary/aromatic N) is 1. The van der Waals surface area contributed by atoms with E-state index in [2.05, 4.69) is 65.5 Å². The van der Waals surface area contributed by atoms with Crippen molar-refractivity contribution < 1.29 is 0 Å². The molecular weight excluding hydrogens is 450 g/mol. The van der Waals surface area contributed by atoms with Crippen molar-refractivity contribution in [3.63, 3.8) is 0 Å². The fraction of sp³-hybridized carbons (Fsp3) is 0.548. The molecule has 0 bridgehead atoms. The predicted molar refractivity (Wildman–Crippen MR) is 152 cm³/mol. The maximum absolute atomic E-state index is 6.08. The van der Waals surface area contributed by atoms with Crippen LogP contribution in [0.1, 0.15) is 75.3 Å². The highest BCUT2D eigenvalue weighted by Crippen LogP contribution is 2.32. The number of rotatable bonds is 8. The van der Waals surface area contributed by atoms with Crippen LogP contribution in [0, 0.1) is 12.8 Å². The number of aromatic nitrogens is 1. The summed E-state index contributed by atoms with van der Waals surface area (Å²) in [7, 11) is 0. The number of benzene rings is 2. The van der Waals surface area contributed by atoms with Crippen LogP contribution in [0.3, 0.4) is 0 Å². The van der Waals surface area contributed by atoms with Crippen molar-refractivity contribution in [2.24, 2.45) is 11.7 Å². The molecule has 1 heterocycles. The highest BCUT2D eigenvalue weighted by atomic mass is 35.5. The zero-order valence-electron chi connectivity index (χ0n) is 21.5. The molecule has 3 aromatic rings. The quantitative estimate of drug-likeness (QED) is 0.321. The Balaban J connectivity index is 0.00000289. The number of hydrogen-bond donors (Lipinski definition) is 2. The molecule has 0 saturated heterocycles. The summed E-state index contributed by atoms with van der Waals surface area (Å²) in [4.78, 5) is 0. The molecule has 2 saturated carbocycles. The first-order valence-electron chi connectivity index (χ1n) is 13.8. The van der Waals surface area contributed by atoms with Crippen LogP contribution in [0.5, 0.6) is 0 Å². The van der Waals surface area contributed by atoms with Gasteiger partial charge in [-0.15, -0.1) is 12.4 Å². The van der Waals surface area contributed by atoms with E-state index in [-0.39, 0.29) is 12.4 Å². The number of fused-ring (bicyclic) bond motifs is 1. The van der Waals surface area contributed by atoms with Gasteiger partial charge in [-0.1, -0.05) is 55.2 Å². The Kier molecular flexibility index (Phi) is 9.33. The average molecular weight is 494 g/mol. The first-order valence-corrected chi connectivity index (χ1v) is 13.8. The molecule has 3 nitrogen and oxygen atoms in total. The molecule has 5 rings (SSSR count). The van der Waals surface area contributed by atoms with Crippen molar-refractivity contribution in [1.29, 1.82) is 0 Å². The highest BCUT2D eigenvalue weighted by molar-refractivity contribution is 5.88. The lowest BCUT2D eigenvalue weighted by Gasteiger charge is -2.26. The van der Waals surface area contributed by atoms with Gasteiger partial charge >= 0.3 is 0 Å². The summed E-state index contributed by atoms with van der Waals surface area (Å²) in [6, 6.07) is 17.2. The van der Waals surface area contributed by atoms with Crippen LogP contribution in [0.15, 0.2) is 48.7 Å². The third-order valence-electron chi connectivity index (χ3n) is 8.32. The molecule has 35 heavy (non-hydrogen) atoms. The first kappa shape index (κ1) is 26.3. The second-order valence-electron chi connectivity index (χ2n) is 11.1. The molecule has 190 valence electrons. The summed E-state index contributed by atoms with van der Waals surface area (Å²) < 4.78 is 2.58. The Hall–Kier alpha value is -1.81. The molecule has 0 unspecified atom stereocenters. The van der Waals surface area contributed by atoms with E-state index in [1.807, 2.05) is 0 Å². The molecular formula is C31H44ClN3. The van der Waals surface area contributed by atoms with Crippen molar-refractivity contribution in [1.82, 2.24) is 9.88 Å². The van der Waals surface area contributed by atoms with E-state index in [0.29, 0.717) is 12.1 Å². The monoisotopic (exact) mass is 493 g/mol. The van der Waals surface area contributed by atoms with Crippen molar-refractivity contribution >= 4 is 23.3 Å². The van der Waals surface area contributed by atoms with Crippen molar-refractivity contribution in [3.05, 3.63) is 59.8 Å². The van der Waals surface area contributed by atoms with E-state index in [1.165, 1.54) is 104 Å². The molecule has 2 aliphatic rings. The summed E-state index contributed by atoms with van der Waals surface area (Å²) in [6.45, 7) is 4.47. The van der Waals surface area contributed by atoms with E-state index in [0.717, 1.165) is 18.9 Å². The van der Waals surface area contributed by atoms with E-state index in [1.54, 1.807) is 0 Å². The van der Waals surface area contributed by atoms with E-state index in [4.69, 9.17) is 5.73 Å². The summed E-state index contributed by atoms with van der Waals surface area (Å²) in [5, 5.41) is 5.27. The summed E-state index contributed by atoms with van der Waals surface area (Å²) in [6.07, 6.45) is 16.7. The molecule has 3 N–H and O–H groups in total. The molecule has 4 heteroatoms. The lowest BCUT2D eigenvalue weighted by Crippen LogP contribution is -2.37. The van der Waals surface area contributed by atoms with E-state index < -0.39 is 0 Å². The second kappa shape index (κ2) is 12.4. The molecule has 2 aromatic carbocycles. The smallest absolute Gasteiger partial charge is 0.0483 e. The maximum Gasteiger partial charge on any atom is 0.0483 e. The number of hydrogen-bond acceptors (Lipinski definition) is 2. The lowest BCUT2D eigenvalue weighted by atomic mass is 9.89. The van der Waals surface area contributed by atoms with Crippen LogP contribution in [0.2, 0.25) is 0 Å². The molecule has 0 spiro atoms. The molecule has 0 amide bonds. The van der Waals surface area contributed by atoms with Gasteiger partial charge in [0.25, 0.3) is 0 Å². The fourth-order valence-electron chi connectivity index (χ4n) is 6.28. The van der Waals surface area contributed by atoms with Crippen LogP contribution >= 0.6 is 12.4 Å². The van der Waals surface area contributed by atoms with Crippen molar-refractivity contribution in [2.75, 3.05) is 6.54 Å². The third kappa shape index (κ3) is 6.70. The van der Waals surface area contributed by atoms with Gasteiger partial charge in [-0.2, -0.15) is 0 Å². The third-order valence-corrected chi connectivity index (χ3v) is 8.32. The van der Waals surface area contributed by atoms with Gasteiger partial charge in [-0.05, 0) is 99.6 Å². The van der Waals surface area contributed by atoms with Gasteiger partial charge in [-0.25, -0.2) is 0 Å². The SMILES string of the molecule is Cc1cccc(-c2ccc3c(c2)c(CCCNC2CCC(N)CC2)cn3CC2CCCCC2)c1.Cl. The van der Waals surface area contributed by atoms with Crippen LogP contribution in [-0.4, -0.2) is 23.2 Å². The van der Waals surface area contributed by atoms with Gasteiger partial charge in [-0.3, -0.25) is 0 Å². The Labute approximate surface area is 218 Å². The van der Waals surface area contributed by atoms with Gasteiger partial charge in [0.2, 0.25) is 0 Å². The number of aryl methyl sites for hydroxylation is 2. The summed E-state index contributed by atoms with van der Waals surface area (Å²) in [5.74, 6) is 0.841. The molecule has 0 atom stereocenters. The molecule has 0 aliphatic heterocycles. The van der Waals surface area contributed by atoms with Gasteiger partial charge in [0, 0.05) is 35.7 Å². The standard InChI is InChI=1S/C31H43N3.ClH/c1-23-7-5-10-25(19-23)26-12-17-31-30(20-26)27(22-34(31)21-24-8-3-2-4-9-24)11-6-18-33-29-15-13-28(32)14-16-29;/h5,7,10,12,17,19-20,22,24,28-29,33H,2-4,6,8-9,11,13-16,18,21,32H2,1H3;1H. The highest BCUT2D eigenvalue weighted by Gasteiger charge is 2.19. The number of nitrogens with two attached hydrogens (primary N) is 1. The number of halogens is 1. The maximum atomic E-state index is 6.08. The molecule has 2 fully saturated rings. The Bertz CT molecular complexity index is 1070. The first-order chi connectivity index (χ1) is 16.7. The molecule has 1 aromatic heterocycles. The molecule has 2 aliphatic carbocycles. The summed E-state index contributed by atoms with van der Waals surface area (Å²) in [5.41, 5.74) is 13.0. The van der Waals surface area contributed by atoms with Gasteiger partial charge in [0.05, 0.1) is 0 Å². The van der Waals surface area contributed by atoms with Gasteiger partial charge in [0.1, 0.15) is 0 Å². The van der Waals surface area contributed by atoms with Crippen molar-refractivity contribution in [2.45, 2.75) is 96.2 Å². The van der Waals surface area contributed by atoms with Crippen LogP contribution in [0.25, 0.3) is 22.0 Å². The zero-order valence-corrected chi connectivity index (χ0v) is 22.3. The second-order valence-corrected chi connectivity index (χ2v) is 11.1. The minimum absolute atomic E-state index is 0. The normalized spacial score (nSPS) is 21.2. The predicted octanol–water partition coefficient (Wildman–Crippen LogP) is 7.41. The van der Waals surface area contributed by atoms with Crippen LogP contribution < -0.4 is 11.1 Å². The molecule has 0 radical (unpaired) electrons. The largest absolute Gasteiger partial charge is 0.347 e. The Morgan fingerprint density at radius 3 is 2.46 bits per heavy atom. The van der Waals surface area contributed by atoms with Crippen LogP contribution in [-0.2, 0) is 13.0 Å². The van der Waals surface area contributed by atoms with Gasteiger partial charge in [0.15, 0.2) is 0 Å². The van der Waals surface area contributed by atoms with Crippen LogP contribution in [0.4, 0.5) is 0 Å².